The molecule has 3 aliphatic rings. The molecule has 3 aromatic heterocycles. The summed E-state index contributed by atoms with van der Waals surface area (Å²) in [4.78, 5) is 30.2. The molecule has 3 aromatic rings. The molecule has 3 N–H and O–H groups in total. The minimum absolute atomic E-state index is 0.106. The van der Waals surface area contributed by atoms with Crippen LogP contribution in [0, 0.1) is 0 Å². The zero-order valence-corrected chi connectivity index (χ0v) is 18.7. The smallest absolute Gasteiger partial charge is 0.274 e. The van der Waals surface area contributed by atoms with Gasteiger partial charge < -0.3 is 25.3 Å². The largest absolute Gasteiger partial charge is 0.385 e. The Morgan fingerprint density at radius 3 is 2.68 bits per heavy atom. The van der Waals surface area contributed by atoms with Crippen LogP contribution in [0.25, 0.3) is 5.65 Å². The van der Waals surface area contributed by atoms with Gasteiger partial charge in [0.1, 0.15) is 11.9 Å². The fourth-order valence-electron chi connectivity index (χ4n) is 5.01. The molecule has 1 amide bonds. The Balaban J connectivity index is 1.31. The number of nitrogens with zero attached hydrogens (tertiary/aromatic N) is 4. The number of alkyl halides is 1. The monoisotopic (exact) mass is 467 g/mol. The van der Waals surface area contributed by atoms with E-state index in [-0.39, 0.29) is 29.5 Å². The van der Waals surface area contributed by atoms with Crippen LogP contribution in [0.4, 0.5) is 21.6 Å². The van der Waals surface area contributed by atoms with E-state index in [4.69, 9.17) is 4.74 Å². The molecule has 1 saturated carbocycles. The Hall–Kier alpha value is -3.47. The van der Waals surface area contributed by atoms with Crippen molar-refractivity contribution < 1.29 is 13.9 Å². The minimum Gasteiger partial charge on any atom is -0.385 e. The highest BCUT2D eigenvalue weighted by atomic mass is 19.1. The van der Waals surface area contributed by atoms with Crippen molar-refractivity contribution in [2.24, 2.45) is 0 Å². The van der Waals surface area contributed by atoms with Crippen LogP contribution in [0.5, 0.6) is 0 Å². The lowest BCUT2D eigenvalue weighted by molar-refractivity contribution is -0.0164. The second-order valence-electron chi connectivity index (χ2n) is 9.25. The first-order chi connectivity index (χ1) is 16.5. The summed E-state index contributed by atoms with van der Waals surface area (Å²) in [7, 11) is 1.74. The molecule has 34 heavy (non-hydrogen) atoms. The van der Waals surface area contributed by atoms with E-state index in [2.05, 4.69) is 26.0 Å². The Bertz CT molecular complexity index is 1310. The maximum atomic E-state index is 13.3. The number of ether oxygens (including phenoxy) is 1. The number of hydrogen-bond donors (Lipinski definition) is 3. The van der Waals surface area contributed by atoms with Crippen molar-refractivity contribution in [2.45, 2.75) is 62.6 Å². The number of carbonyl (C=O) groups excluding carboxylic acids is 1. The molecular formula is C23H26FN7O3. The number of aromatic nitrogens is 4. The number of amides is 1. The minimum atomic E-state index is -1.01. The standard InChI is InChI=1S/C23H26FN7O3/c1-25-18-10-20(29-31-19(11-26-21(18)31)22(32)28-17-9-15(17)24)27-16-3-2-6-30(23(16)33)12-7-13-4-5-14(8-12)34-13/h2-3,6,10-15,17,25H,4-5,7-9H2,1H3,(H,27,29)(H,28,32)/t12?,13-,14+,15-,17+/m0/s1. The molecule has 6 rings (SSSR count). The first-order valence-electron chi connectivity index (χ1n) is 11.6. The summed E-state index contributed by atoms with van der Waals surface area (Å²) in [6.45, 7) is 0. The predicted octanol–water partition coefficient (Wildman–Crippen LogP) is 2.40. The normalized spacial score (nSPS) is 27.5. The van der Waals surface area contributed by atoms with Gasteiger partial charge in [0.2, 0.25) is 0 Å². The molecular weight excluding hydrogens is 441 g/mol. The van der Waals surface area contributed by atoms with Crippen molar-refractivity contribution in [3.05, 3.63) is 46.6 Å². The number of fused-ring (bicyclic) bond motifs is 3. The summed E-state index contributed by atoms with van der Waals surface area (Å²) in [6, 6.07) is 4.93. The van der Waals surface area contributed by atoms with Crippen molar-refractivity contribution in [1.82, 2.24) is 24.5 Å². The fourth-order valence-corrected chi connectivity index (χ4v) is 5.01. The third kappa shape index (κ3) is 3.69. The molecule has 3 fully saturated rings. The number of anilines is 3. The van der Waals surface area contributed by atoms with Gasteiger partial charge in [-0.05, 0) is 37.8 Å². The lowest BCUT2D eigenvalue weighted by Gasteiger charge is -2.30. The van der Waals surface area contributed by atoms with Gasteiger partial charge >= 0.3 is 0 Å². The second-order valence-corrected chi connectivity index (χ2v) is 9.25. The van der Waals surface area contributed by atoms with Gasteiger partial charge in [0, 0.05) is 31.8 Å². The van der Waals surface area contributed by atoms with Gasteiger partial charge in [-0.25, -0.2) is 13.9 Å². The van der Waals surface area contributed by atoms with E-state index < -0.39 is 18.1 Å². The van der Waals surface area contributed by atoms with Crippen LogP contribution in [0.1, 0.15) is 48.6 Å². The number of pyridine rings is 1. The second kappa shape index (κ2) is 8.08. The van der Waals surface area contributed by atoms with Crippen molar-refractivity contribution in [3.8, 4) is 0 Å². The van der Waals surface area contributed by atoms with Gasteiger partial charge in [0.25, 0.3) is 11.5 Å². The quantitative estimate of drug-likeness (QED) is 0.510. The molecule has 0 spiro atoms. The topological polar surface area (TPSA) is 115 Å². The van der Waals surface area contributed by atoms with E-state index in [1.165, 1.54) is 10.7 Å². The van der Waals surface area contributed by atoms with E-state index in [0.29, 0.717) is 29.3 Å². The third-order valence-electron chi connectivity index (χ3n) is 6.89. The summed E-state index contributed by atoms with van der Waals surface area (Å²) in [5, 5.41) is 13.3. The summed E-state index contributed by atoms with van der Waals surface area (Å²) in [5.41, 5.74) is 1.53. The van der Waals surface area contributed by atoms with Crippen molar-refractivity contribution in [1.29, 1.82) is 0 Å². The van der Waals surface area contributed by atoms with Crippen LogP contribution >= 0.6 is 0 Å². The molecule has 10 nitrogen and oxygen atoms in total. The van der Waals surface area contributed by atoms with Crippen molar-refractivity contribution >= 4 is 28.7 Å². The Morgan fingerprint density at radius 1 is 1.21 bits per heavy atom. The van der Waals surface area contributed by atoms with E-state index in [9.17, 15) is 14.0 Å². The molecule has 5 heterocycles. The number of rotatable bonds is 6. The molecule has 11 heteroatoms. The number of imidazole rings is 1. The van der Waals surface area contributed by atoms with Gasteiger partial charge in [-0.15, -0.1) is 5.10 Å². The fraction of sp³-hybridized carbons (Fsp3) is 0.478. The van der Waals surface area contributed by atoms with Crippen LogP contribution in [-0.2, 0) is 4.74 Å². The van der Waals surface area contributed by atoms with Crippen LogP contribution in [0.15, 0.2) is 35.4 Å². The SMILES string of the molecule is CNc1cc(Nc2cccn(C3C[C@H]4CC[C@@H](C3)O4)c2=O)nn2c(C(=O)N[C@@H]3C[C@@H]3F)cnc12. The highest BCUT2D eigenvalue weighted by Gasteiger charge is 2.39. The Morgan fingerprint density at radius 2 is 1.97 bits per heavy atom. The third-order valence-corrected chi connectivity index (χ3v) is 6.89. The summed E-state index contributed by atoms with van der Waals surface area (Å²) < 4.78 is 22.4. The van der Waals surface area contributed by atoms with Crippen LogP contribution in [0.2, 0.25) is 0 Å². The molecule has 0 aromatic carbocycles. The van der Waals surface area contributed by atoms with Gasteiger partial charge in [-0.3, -0.25) is 9.59 Å². The maximum absolute atomic E-state index is 13.3. The Labute approximate surface area is 194 Å². The highest BCUT2D eigenvalue weighted by molar-refractivity contribution is 5.94. The number of halogens is 1. The zero-order valence-electron chi connectivity index (χ0n) is 18.7. The lowest BCUT2D eigenvalue weighted by atomic mass is 10.0. The summed E-state index contributed by atoms with van der Waals surface area (Å²) >= 11 is 0. The molecule has 2 aliphatic heterocycles. The maximum Gasteiger partial charge on any atom is 0.274 e. The van der Waals surface area contributed by atoms with Gasteiger partial charge in [-0.1, -0.05) is 0 Å². The van der Waals surface area contributed by atoms with Crippen LogP contribution in [0.3, 0.4) is 0 Å². The average molecular weight is 468 g/mol. The van der Waals surface area contributed by atoms with Crippen molar-refractivity contribution in [2.75, 3.05) is 17.7 Å². The predicted molar refractivity (Wildman–Crippen MR) is 123 cm³/mol. The van der Waals surface area contributed by atoms with E-state index in [0.717, 1.165) is 25.7 Å². The molecule has 0 radical (unpaired) electrons. The molecule has 1 unspecified atom stereocenters. The first kappa shape index (κ1) is 21.1. The molecule has 1 aliphatic carbocycles. The molecule has 178 valence electrons. The lowest BCUT2D eigenvalue weighted by Crippen LogP contribution is -2.33. The molecule has 2 saturated heterocycles. The Kier molecular flexibility index (Phi) is 5.01. The van der Waals surface area contributed by atoms with Crippen LogP contribution < -0.4 is 21.5 Å². The highest BCUT2D eigenvalue weighted by Crippen LogP contribution is 2.38. The number of hydrogen-bond acceptors (Lipinski definition) is 7. The number of nitrogens with one attached hydrogen (secondary N) is 3. The summed E-state index contributed by atoms with van der Waals surface area (Å²) in [5.74, 6) is -0.0684. The van der Waals surface area contributed by atoms with Gasteiger partial charge in [0.15, 0.2) is 17.2 Å². The molecule has 5 atom stereocenters. The average Bonchev–Trinajstić information content (AvgIpc) is 3.20. The summed E-state index contributed by atoms with van der Waals surface area (Å²) in [6.07, 6.45) is 6.78. The van der Waals surface area contributed by atoms with Gasteiger partial charge in [0.05, 0.1) is 30.1 Å². The van der Waals surface area contributed by atoms with E-state index in [1.807, 2.05) is 12.3 Å². The van der Waals surface area contributed by atoms with Crippen LogP contribution in [-0.4, -0.2) is 56.5 Å². The van der Waals surface area contributed by atoms with E-state index >= 15 is 0 Å². The molecule has 2 bridgehead atoms. The zero-order chi connectivity index (χ0) is 23.4. The number of carbonyl (C=O) groups is 1. The van der Waals surface area contributed by atoms with Gasteiger partial charge in [-0.2, -0.15) is 0 Å². The van der Waals surface area contributed by atoms with E-state index in [1.54, 1.807) is 23.7 Å². The van der Waals surface area contributed by atoms with Crippen molar-refractivity contribution in [3.63, 3.8) is 0 Å². The first-order valence-corrected chi connectivity index (χ1v) is 11.6.